The second kappa shape index (κ2) is 8.75. The molecule has 0 fully saturated rings. The molecule has 4 rings (SSSR count). The number of benzene rings is 2. The molecule has 2 aromatic heterocycles. The van der Waals surface area contributed by atoms with Crippen LogP contribution in [0.3, 0.4) is 0 Å². The van der Waals surface area contributed by atoms with E-state index in [0.29, 0.717) is 23.9 Å². The van der Waals surface area contributed by atoms with Gasteiger partial charge in [-0.1, -0.05) is 54.6 Å². The smallest absolute Gasteiger partial charge is 0.274 e. The van der Waals surface area contributed by atoms with Crippen molar-refractivity contribution in [3.63, 3.8) is 0 Å². The van der Waals surface area contributed by atoms with E-state index in [2.05, 4.69) is 25.6 Å². The summed E-state index contributed by atoms with van der Waals surface area (Å²) in [6, 6.07) is 26.2. The molecule has 29 heavy (non-hydrogen) atoms. The van der Waals surface area contributed by atoms with Crippen molar-refractivity contribution in [2.24, 2.45) is 0 Å². The van der Waals surface area contributed by atoms with Gasteiger partial charge in [-0.2, -0.15) is 0 Å². The highest BCUT2D eigenvalue weighted by Gasteiger charge is 2.13. The number of nitrogens with one attached hydrogen (secondary N) is 2. The molecule has 0 aliphatic carbocycles. The molecular weight excluding hydrogens is 362 g/mol. The molecule has 0 atom stereocenters. The van der Waals surface area contributed by atoms with Crippen LogP contribution in [0.25, 0.3) is 11.4 Å². The standard InChI is InChI=1S/C23H19N5O/c29-23(26-18-11-5-2-6-12-18)20-15-21(25-16-19-13-7-8-14-24-19)28-22(27-20)17-9-3-1-4-10-17/h1-15H,16H2,(H,26,29)(H,25,27,28). The molecule has 6 heteroatoms. The molecule has 0 spiro atoms. The Morgan fingerprint density at radius 1 is 0.828 bits per heavy atom. The molecule has 1 amide bonds. The number of hydrogen-bond acceptors (Lipinski definition) is 5. The van der Waals surface area contributed by atoms with E-state index >= 15 is 0 Å². The van der Waals surface area contributed by atoms with Gasteiger partial charge in [-0.15, -0.1) is 0 Å². The average Bonchev–Trinajstić information content (AvgIpc) is 2.79. The van der Waals surface area contributed by atoms with Gasteiger partial charge in [0.25, 0.3) is 5.91 Å². The minimum atomic E-state index is -0.295. The van der Waals surface area contributed by atoms with E-state index in [1.807, 2.05) is 78.9 Å². The molecule has 0 unspecified atom stereocenters. The molecule has 0 bridgehead atoms. The van der Waals surface area contributed by atoms with E-state index in [4.69, 9.17) is 0 Å². The lowest BCUT2D eigenvalue weighted by molar-refractivity contribution is 0.102. The summed E-state index contributed by atoms with van der Waals surface area (Å²) < 4.78 is 0. The zero-order valence-electron chi connectivity index (χ0n) is 15.6. The molecule has 2 N–H and O–H groups in total. The van der Waals surface area contributed by atoms with E-state index in [1.54, 1.807) is 12.3 Å². The second-order valence-corrected chi connectivity index (χ2v) is 6.32. The lowest BCUT2D eigenvalue weighted by Gasteiger charge is -2.10. The third-order valence-electron chi connectivity index (χ3n) is 4.20. The van der Waals surface area contributed by atoms with Crippen LogP contribution in [0.15, 0.2) is 91.1 Å². The highest BCUT2D eigenvalue weighted by Crippen LogP contribution is 2.19. The third-order valence-corrected chi connectivity index (χ3v) is 4.20. The van der Waals surface area contributed by atoms with Gasteiger partial charge in [-0.05, 0) is 24.3 Å². The maximum absolute atomic E-state index is 12.8. The first-order chi connectivity index (χ1) is 14.3. The number of nitrogens with zero attached hydrogens (tertiary/aromatic N) is 3. The number of para-hydroxylation sites is 1. The molecule has 6 nitrogen and oxygen atoms in total. The average molecular weight is 381 g/mol. The summed E-state index contributed by atoms with van der Waals surface area (Å²) in [5, 5.41) is 6.11. The van der Waals surface area contributed by atoms with E-state index in [9.17, 15) is 4.79 Å². The van der Waals surface area contributed by atoms with Crippen LogP contribution in [0.4, 0.5) is 11.5 Å². The number of rotatable bonds is 6. The number of carbonyl (C=O) groups is 1. The highest BCUT2D eigenvalue weighted by atomic mass is 16.1. The van der Waals surface area contributed by atoms with Gasteiger partial charge in [-0.3, -0.25) is 9.78 Å². The number of carbonyl (C=O) groups excluding carboxylic acids is 1. The number of anilines is 2. The maximum atomic E-state index is 12.8. The predicted octanol–water partition coefficient (Wildman–Crippen LogP) is 4.40. The summed E-state index contributed by atoms with van der Waals surface area (Å²) in [4.78, 5) is 26.1. The van der Waals surface area contributed by atoms with E-state index in [0.717, 1.165) is 11.3 Å². The van der Waals surface area contributed by atoms with Gasteiger partial charge in [0.2, 0.25) is 0 Å². The van der Waals surface area contributed by atoms with Gasteiger partial charge < -0.3 is 10.6 Å². The first-order valence-corrected chi connectivity index (χ1v) is 9.22. The third kappa shape index (κ3) is 4.81. The fourth-order valence-electron chi connectivity index (χ4n) is 2.77. The Hall–Kier alpha value is -4.06. The summed E-state index contributed by atoms with van der Waals surface area (Å²) in [5.74, 6) is 0.745. The topological polar surface area (TPSA) is 79.8 Å². The van der Waals surface area contributed by atoms with Crippen molar-refractivity contribution in [1.29, 1.82) is 0 Å². The van der Waals surface area contributed by atoms with Crippen molar-refractivity contribution in [3.05, 3.63) is 103 Å². The molecule has 0 saturated heterocycles. The van der Waals surface area contributed by atoms with Crippen LogP contribution >= 0.6 is 0 Å². The van der Waals surface area contributed by atoms with Gasteiger partial charge in [0.1, 0.15) is 11.5 Å². The zero-order chi connectivity index (χ0) is 19.9. The number of amides is 1. The number of hydrogen-bond donors (Lipinski definition) is 2. The number of pyridine rings is 1. The van der Waals surface area contributed by atoms with Crippen molar-refractivity contribution in [1.82, 2.24) is 15.0 Å². The largest absolute Gasteiger partial charge is 0.364 e. The molecule has 0 saturated carbocycles. The van der Waals surface area contributed by atoms with E-state index < -0.39 is 0 Å². The lowest BCUT2D eigenvalue weighted by Crippen LogP contribution is -2.15. The van der Waals surface area contributed by atoms with Gasteiger partial charge >= 0.3 is 0 Å². The van der Waals surface area contributed by atoms with Gasteiger partial charge in [0.05, 0.1) is 12.2 Å². The Labute approximate surface area is 168 Å². The molecule has 0 aliphatic rings. The van der Waals surface area contributed by atoms with Crippen LogP contribution in [0.5, 0.6) is 0 Å². The molecular formula is C23H19N5O. The van der Waals surface area contributed by atoms with Crippen molar-refractivity contribution < 1.29 is 4.79 Å². The van der Waals surface area contributed by atoms with Gasteiger partial charge in [0.15, 0.2) is 5.82 Å². The van der Waals surface area contributed by atoms with E-state index in [-0.39, 0.29) is 11.6 Å². The van der Waals surface area contributed by atoms with Gasteiger partial charge in [-0.25, -0.2) is 9.97 Å². The van der Waals surface area contributed by atoms with Crippen LogP contribution in [0, 0.1) is 0 Å². The van der Waals surface area contributed by atoms with Crippen LogP contribution in [0.2, 0.25) is 0 Å². The molecule has 2 aromatic carbocycles. The van der Waals surface area contributed by atoms with Crippen LogP contribution in [-0.4, -0.2) is 20.9 Å². The monoisotopic (exact) mass is 381 g/mol. The minimum absolute atomic E-state index is 0.284. The fourth-order valence-corrected chi connectivity index (χ4v) is 2.77. The Morgan fingerprint density at radius 2 is 1.55 bits per heavy atom. The SMILES string of the molecule is O=C(Nc1ccccc1)c1cc(NCc2ccccn2)nc(-c2ccccc2)n1. The van der Waals surface area contributed by atoms with Crippen LogP contribution < -0.4 is 10.6 Å². The molecule has 0 radical (unpaired) electrons. The quantitative estimate of drug-likeness (QED) is 0.517. The Kier molecular flexibility index (Phi) is 5.53. The maximum Gasteiger partial charge on any atom is 0.274 e. The number of aromatic nitrogens is 3. The Bertz CT molecular complexity index is 1090. The Balaban J connectivity index is 1.63. The predicted molar refractivity (Wildman–Crippen MR) is 113 cm³/mol. The molecule has 2 heterocycles. The normalized spacial score (nSPS) is 10.3. The first kappa shape index (κ1) is 18.3. The summed E-state index contributed by atoms with van der Waals surface area (Å²) in [5.41, 5.74) is 2.71. The first-order valence-electron chi connectivity index (χ1n) is 9.22. The zero-order valence-corrected chi connectivity index (χ0v) is 15.6. The van der Waals surface area contributed by atoms with Gasteiger partial charge in [0, 0.05) is 23.5 Å². The fraction of sp³-hybridized carbons (Fsp3) is 0.0435. The van der Waals surface area contributed by atoms with Crippen molar-refractivity contribution in [3.8, 4) is 11.4 Å². The Morgan fingerprint density at radius 3 is 2.28 bits per heavy atom. The lowest BCUT2D eigenvalue weighted by atomic mass is 10.2. The van der Waals surface area contributed by atoms with Crippen LogP contribution in [0.1, 0.15) is 16.2 Å². The second-order valence-electron chi connectivity index (χ2n) is 6.32. The highest BCUT2D eigenvalue weighted by molar-refractivity contribution is 6.03. The summed E-state index contributed by atoms with van der Waals surface area (Å²) >= 11 is 0. The van der Waals surface area contributed by atoms with Crippen molar-refractivity contribution in [2.45, 2.75) is 6.54 Å². The van der Waals surface area contributed by atoms with Crippen molar-refractivity contribution in [2.75, 3.05) is 10.6 Å². The van der Waals surface area contributed by atoms with E-state index in [1.165, 1.54) is 0 Å². The summed E-state index contributed by atoms with van der Waals surface area (Å²) in [6.07, 6.45) is 1.74. The van der Waals surface area contributed by atoms with Crippen molar-refractivity contribution >= 4 is 17.4 Å². The summed E-state index contributed by atoms with van der Waals surface area (Å²) in [7, 11) is 0. The molecule has 142 valence electrons. The molecule has 4 aromatic rings. The molecule has 0 aliphatic heterocycles. The minimum Gasteiger partial charge on any atom is -0.364 e. The summed E-state index contributed by atoms with van der Waals surface area (Å²) in [6.45, 7) is 0.492. The van der Waals surface area contributed by atoms with Crippen LogP contribution in [-0.2, 0) is 6.54 Å².